The number of nitrogens with zero attached hydrogens (tertiary/aromatic N) is 2. The first-order valence-corrected chi connectivity index (χ1v) is 19.2. The van der Waals surface area contributed by atoms with Crippen molar-refractivity contribution in [3.63, 3.8) is 0 Å². The average Bonchev–Trinajstić information content (AvgIpc) is 3.62. The summed E-state index contributed by atoms with van der Waals surface area (Å²) in [6.07, 6.45) is -0.530. The van der Waals surface area contributed by atoms with E-state index in [9.17, 15) is 53.9 Å². The number of aryl methyl sites for hydroxylation is 2. The maximum atomic E-state index is 14.1. The normalized spacial score (nSPS) is 15.9. The molecule has 18 heteroatoms. The van der Waals surface area contributed by atoms with Crippen LogP contribution in [0.3, 0.4) is 0 Å². The number of amides is 4. The molecule has 5 atom stereocenters. The second-order valence-corrected chi connectivity index (χ2v) is 15.2. The number of esters is 1. The third kappa shape index (κ3) is 12.2. The summed E-state index contributed by atoms with van der Waals surface area (Å²) in [5.41, 5.74) is 1.15. The quantitative estimate of drug-likeness (QED) is 0.0780. The highest BCUT2D eigenvalue weighted by molar-refractivity contribution is 7.99. The number of carboxylic acid groups (broad SMARTS) is 1. The highest BCUT2D eigenvalue weighted by Crippen LogP contribution is 2.27. The maximum Gasteiger partial charge on any atom is 0.339 e. The first-order chi connectivity index (χ1) is 26.3. The number of benzene rings is 2. The van der Waals surface area contributed by atoms with Crippen molar-refractivity contribution >= 4 is 58.8 Å². The number of ketones is 1. The molecular formula is C38H49N5O12S. The molecular weight excluding hydrogens is 751 g/mol. The smallest absolute Gasteiger partial charge is 0.339 e. The lowest BCUT2D eigenvalue weighted by molar-refractivity contribution is -0.385. The predicted molar refractivity (Wildman–Crippen MR) is 205 cm³/mol. The molecule has 1 saturated heterocycles. The number of thioether (sulfide) groups is 1. The van der Waals surface area contributed by atoms with Crippen LogP contribution in [0, 0.1) is 35.8 Å². The van der Waals surface area contributed by atoms with Crippen molar-refractivity contribution in [3.8, 4) is 5.75 Å². The number of aliphatic carboxylic acids is 1. The van der Waals surface area contributed by atoms with Crippen molar-refractivity contribution in [1.29, 1.82) is 0 Å². The van der Waals surface area contributed by atoms with Gasteiger partial charge in [-0.3, -0.25) is 38.9 Å². The molecule has 5 N–H and O–H groups in total. The number of hydrogen-bond acceptors (Lipinski definition) is 12. The van der Waals surface area contributed by atoms with Crippen molar-refractivity contribution in [3.05, 3.63) is 68.8 Å². The number of aromatic hydroxyl groups is 1. The molecule has 304 valence electrons. The summed E-state index contributed by atoms with van der Waals surface area (Å²) >= 11 is 1.24. The fourth-order valence-corrected chi connectivity index (χ4v) is 7.27. The van der Waals surface area contributed by atoms with E-state index < -0.39 is 101 Å². The van der Waals surface area contributed by atoms with Gasteiger partial charge in [-0.1, -0.05) is 58.4 Å². The van der Waals surface area contributed by atoms with Gasteiger partial charge >= 0.3 is 17.6 Å². The number of carbonyl (C=O) groups is 7. The maximum absolute atomic E-state index is 14.1. The number of hydrogen-bond donors (Lipinski definition) is 5. The number of phenolic OH excluding ortho intramolecular Hbond substituents is 1. The zero-order valence-corrected chi connectivity index (χ0v) is 33.0. The van der Waals surface area contributed by atoms with E-state index in [-0.39, 0.29) is 41.5 Å². The van der Waals surface area contributed by atoms with Crippen LogP contribution in [0.4, 0.5) is 5.69 Å². The predicted octanol–water partition coefficient (Wildman–Crippen LogP) is 2.81. The molecule has 0 spiro atoms. The van der Waals surface area contributed by atoms with Crippen LogP contribution in [0.1, 0.15) is 74.0 Å². The van der Waals surface area contributed by atoms with Gasteiger partial charge in [0.1, 0.15) is 24.2 Å². The zero-order valence-electron chi connectivity index (χ0n) is 32.2. The van der Waals surface area contributed by atoms with Gasteiger partial charge in [-0.15, -0.1) is 11.8 Å². The number of nitro benzene ring substituents is 1. The molecule has 17 nitrogen and oxygen atoms in total. The molecule has 1 fully saturated rings. The van der Waals surface area contributed by atoms with E-state index in [0.717, 1.165) is 12.1 Å². The van der Waals surface area contributed by atoms with Crippen LogP contribution in [0.15, 0.2) is 36.4 Å². The molecule has 56 heavy (non-hydrogen) atoms. The Kier molecular flexibility index (Phi) is 16.4. The van der Waals surface area contributed by atoms with Gasteiger partial charge in [0.15, 0.2) is 18.1 Å². The van der Waals surface area contributed by atoms with Gasteiger partial charge in [0.2, 0.25) is 23.6 Å². The highest BCUT2D eigenvalue weighted by atomic mass is 32.2. The third-order valence-corrected chi connectivity index (χ3v) is 10.3. The number of nitro groups is 1. The molecule has 1 aliphatic heterocycles. The summed E-state index contributed by atoms with van der Waals surface area (Å²) in [7, 11) is 0. The number of Topliss-reactive ketones (excluding diaryl/α,β-unsaturated/α-hetero) is 1. The fraction of sp³-hybridized carbons (Fsp3) is 0.500. The van der Waals surface area contributed by atoms with Crippen LogP contribution in [0.2, 0.25) is 0 Å². The third-order valence-electron chi connectivity index (χ3n) is 9.32. The van der Waals surface area contributed by atoms with Gasteiger partial charge in [-0.2, -0.15) is 0 Å². The van der Waals surface area contributed by atoms with Crippen LogP contribution in [-0.4, -0.2) is 104 Å². The van der Waals surface area contributed by atoms with E-state index >= 15 is 0 Å². The number of carbonyl (C=O) groups excluding carboxylic acids is 6. The number of phenols is 1. The fourth-order valence-electron chi connectivity index (χ4n) is 6.10. The molecule has 3 rings (SSSR count). The Morgan fingerprint density at radius 1 is 1.00 bits per heavy atom. The van der Waals surface area contributed by atoms with Crippen molar-refractivity contribution in [2.24, 2.45) is 11.8 Å². The minimum atomic E-state index is -1.58. The molecule has 3 unspecified atom stereocenters. The second-order valence-electron chi connectivity index (χ2n) is 14.2. The first kappa shape index (κ1) is 44.9. The van der Waals surface area contributed by atoms with Gasteiger partial charge in [-0.25, -0.2) is 4.79 Å². The monoisotopic (exact) mass is 799 g/mol. The number of ether oxygens (including phenoxy) is 1. The molecule has 2 aromatic rings. The molecule has 1 heterocycles. The molecule has 1 aliphatic rings. The molecule has 0 saturated carbocycles. The van der Waals surface area contributed by atoms with Crippen molar-refractivity contribution in [2.75, 3.05) is 18.2 Å². The minimum Gasteiger partial charge on any atom is -0.502 e. The SMILES string of the molecule is CCC(C)C(NC(=O)Cc1ccc(O)c([N+](=O)[O-])c1)C(=O)N[C@@H](CC(C)C)C(=O)N1CSCC1C(=O)N[C@@H](CC(=O)O)C(=O)COC(=O)c1c(C)cccc1C. The molecule has 0 aliphatic carbocycles. The zero-order chi connectivity index (χ0) is 41.9. The lowest BCUT2D eigenvalue weighted by Gasteiger charge is -2.31. The van der Waals surface area contributed by atoms with Gasteiger partial charge in [0, 0.05) is 11.8 Å². The lowest BCUT2D eigenvalue weighted by Crippen LogP contribution is -2.59. The van der Waals surface area contributed by atoms with Gasteiger partial charge < -0.3 is 35.8 Å². The summed E-state index contributed by atoms with van der Waals surface area (Å²) in [6.45, 7) is 9.78. The van der Waals surface area contributed by atoms with Gasteiger partial charge in [0.25, 0.3) is 0 Å². The van der Waals surface area contributed by atoms with Crippen LogP contribution in [0.5, 0.6) is 5.75 Å². The van der Waals surface area contributed by atoms with Crippen molar-refractivity contribution in [2.45, 2.75) is 91.4 Å². The molecule has 0 bridgehead atoms. The Labute approximate surface area is 328 Å². The van der Waals surface area contributed by atoms with Crippen LogP contribution in [-0.2, 0) is 39.9 Å². The summed E-state index contributed by atoms with van der Waals surface area (Å²) < 4.78 is 5.20. The molecule has 0 radical (unpaired) electrons. The molecule has 4 amide bonds. The minimum absolute atomic E-state index is 0.0522. The molecule has 0 aromatic heterocycles. The number of nitrogens with one attached hydrogen (secondary N) is 3. The summed E-state index contributed by atoms with van der Waals surface area (Å²) in [4.78, 5) is 104. The van der Waals surface area contributed by atoms with Crippen LogP contribution < -0.4 is 16.0 Å². The summed E-state index contributed by atoms with van der Waals surface area (Å²) in [5.74, 6) is -6.68. The van der Waals surface area contributed by atoms with Crippen molar-refractivity contribution < 1.29 is 53.4 Å². The van der Waals surface area contributed by atoms with E-state index in [1.165, 1.54) is 22.7 Å². The standard InChI is InChI=1S/C38H49N5O12S/c1-7-21(4)34(41-31(46)15-24-11-12-29(44)27(14-24)43(53)54)36(50)40-26(13-20(2)3)37(51)42-19-56-18-28(42)35(49)39-25(16-32(47)48)30(45)17-55-38(52)33-22(5)9-8-10-23(33)6/h8-12,14,20-21,25-26,28,34,44H,7,13,15-19H2,1-6H3,(H,39,49)(H,40,50)(H,41,46)(H,47,48)/t21?,25-,26-,28?,34?/m0/s1. The van der Waals surface area contributed by atoms with E-state index in [1.807, 2.05) is 13.8 Å². The second kappa shape index (κ2) is 20.4. The van der Waals surface area contributed by atoms with E-state index in [2.05, 4.69) is 16.0 Å². The average molecular weight is 800 g/mol. The first-order valence-electron chi connectivity index (χ1n) is 18.1. The van der Waals surface area contributed by atoms with E-state index in [1.54, 1.807) is 45.9 Å². The Bertz CT molecular complexity index is 1820. The van der Waals surface area contributed by atoms with Crippen LogP contribution >= 0.6 is 11.8 Å². The molecule has 2 aromatic carbocycles. The van der Waals surface area contributed by atoms with Gasteiger partial charge in [-0.05, 0) is 54.9 Å². The topological polar surface area (TPSA) is 252 Å². The van der Waals surface area contributed by atoms with Gasteiger partial charge in [0.05, 0.1) is 29.2 Å². The Morgan fingerprint density at radius 3 is 2.25 bits per heavy atom. The van der Waals surface area contributed by atoms with Crippen molar-refractivity contribution in [1.82, 2.24) is 20.9 Å². The van der Waals surface area contributed by atoms with E-state index in [4.69, 9.17) is 4.74 Å². The summed E-state index contributed by atoms with van der Waals surface area (Å²) in [6, 6.07) is 3.70. The largest absolute Gasteiger partial charge is 0.502 e. The van der Waals surface area contributed by atoms with E-state index in [0.29, 0.717) is 17.5 Å². The Hall–Kier alpha value is -5.52. The van der Waals surface area contributed by atoms with Crippen LogP contribution in [0.25, 0.3) is 0 Å². The summed E-state index contributed by atoms with van der Waals surface area (Å²) in [5, 5.41) is 38.3. The number of carboxylic acids is 1. The highest BCUT2D eigenvalue weighted by Gasteiger charge is 2.41. The Morgan fingerprint density at radius 2 is 1.66 bits per heavy atom. The lowest BCUT2D eigenvalue weighted by atomic mass is 9.96. The Balaban J connectivity index is 1.74. The number of rotatable bonds is 19.